The van der Waals surface area contributed by atoms with Crippen LogP contribution in [0.4, 0.5) is 0 Å². The van der Waals surface area contributed by atoms with Gasteiger partial charge in [-0.3, -0.25) is 14.2 Å². The summed E-state index contributed by atoms with van der Waals surface area (Å²) < 4.78 is 1.12. The Hall–Kier alpha value is -1.59. The van der Waals surface area contributed by atoms with Crippen LogP contribution in [-0.4, -0.2) is 20.6 Å². The van der Waals surface area contributed by atoms with E-state index in [0.717, 1.165) is 4.57 Å². The third-order valence-corrected chi connectivity index (χ3v) is 2.94. The Labute approximate surface area is 112 Å². The van der Waals surface area contributed by atoms with Gasteiger partial charge in [-0.1, -0.05) is 11.6 Å². The first-order chi connectivity index (χ1) is 8.49. The van der Waals surface area contributed by atoms with Crippen LogP contribution in [0.5, 0.6) is 0 Å². The number of benzene rings is 1. The second-order valence-corrected chi connectivity index (χ2v) is 4.42. The average Bonchev–Trinajstić information content (AvgIpc) is 2.30. The molecular formula is C11H8Cl2N2O3. The van der Waals surface area contributed by atoms with E-state index < -0.39 is 11.5 Å². The molecular weight excluding hydrogens is 279 g/mol. The lowest BCUT2D eigenvalue weighted by Crippen LogP contribution is -2.23. The Morgan fingerprint density at radius 1 is 1.39 bits per heavy atom. The van der Waals surface area contributed by atoms with E-state index in [2.05, 4.69) is 4.98 Å². The van der Waals surface area contributed by atoms with Crippen LogP contribution in [-0.2, 0) is 11.3 Å². The van der Waals surface area contributed by atoms with Crippen molar-refractivity contribution in [1.82, 2.24) is 9.55 Å². The lowest BCUT2D eigenvalue weighted by molar-refractivity contribution is -0.137. The maximum Gasteiger partial charge on any atom is 0.305 e. The number of fused-ring (bicyclic) bond motifs is 1. The molecule has 7 heteroatoms. The highest BCUT2D eigenvalue weighted by Gasteiger charge is 2.10. The first-order valence-electron chi connectivity index (χ1n) is 5.06. The standard InChI is InChI=1S/C11H8Cl2N2O3/c12-6-1-2-8-7(5-6)10(18)15(11(13)14-8)4-3-9(16)17/h1-2,5H,3-4H2,(H,16,17). The predicted molar refractivity (Wildman–Crippen MR) is 68.3 cm³/mol. The third-order valence-electron chi connectivity index (χ3n) is 2.42. The molecule has 0 radical (unpaired) electrons. The molecule has 0 unspecified atom stereocenters. The van der Waals surface area contributed by atoms with E-state index in [1.807, 2.05) is 0 Å². The fourth-order valence-electron chi connectivity index (χ4n) is 1.57. The van der Waals surface area contributed by atoms with Crippen molar-refractivity contribution in [2.45, 2.75) is 13.0 Å². The Balaban J connectivity index is 2.60. The van der Waals surface area contributed by atoms with Gasteiger partial charge in [0.2, 0.25) is 5.28 Å². The zero-order valence-corrected chi connectivity index (χ0v) is 10.6. The van der Waals surface area contributed by atoms with Crippen molar-refractivity contribution in [1.29, 1.82) is 0 Å². The van der Waals surface area contributed by atoms with E-state index in [1.165, 1.54) is 6.07 Å². The second-order valence-electron chi connectivity index (χ2n) is 3.64. The molecule has 0 bridgehead atoms. The highest BCUT2D eigenvalue weighted by molar-refractivity contribution is 6.31. The molecule has 0 saturated heterocycles. The van der Waals surface area contributed by atoms with Gasteiger partial charge < -0.3 is 5.11 Å². The van der Waals surface area contributed by atoms with Gasteiger partial charge >= 0.3 is 5.97 Å². The van der Waals surface area contributed by atoms with Crippen LogP contribution in [0, 0.1) is 0 Å². The van der Waals surface area contributed by atoms with Crippen molar-refractivity contribution in [3.8, 4) is 0 Å². The number of carbonyl (C=O) groups is 1. The van der Waals surface area contributed by atoms with Gasteiger partial charge in [0.1, 0.15) is 0 Å². The maximum atomic E-state index is 12.1. The van der Waals surface area contributed by atoms with Crippen molar-refractivity contribution >= 4 is 40.1 Å². The lowest BCUT2D eigenvalue weighted by atomic mass is 10.2. The van der Waals surface area contributed by atoms with Gasteiger partial charge in [-0.2, -0.15) is 0 Å². The minimum absolute atomic E-state index is 0.0253. The molecule has 0 aliphatic carbocycles. The van der Waals surface area contributed by atoms with Gasteiger partial charge in [-0.15, -0.1) is 0 Å². The molecule has 0 saturated carbocycles. The lowest BCUT2D eigenvalue weighted by Gasteiger charge is -2.07. The van der Waals surface area contributed by atoms with Gasteiger partial charge in [-0.25, -0.2) is 4.98 Å². The molecule has 1 heterocycles. The highest BCUT2D eigenvalue weighted by atomic mass is 35.5. The fraction of sp³-hybridized carbons (Fsp3) is 0.182. The third kappa shape index (κ3) is 2.47. The molecule has 0 aliphatic rings. The van der Waals surface area contributed by atoms with Crippen molar-refractivity contribution < 1.29 is 9.90 Å². The number of hydrogen-bond acceptors (Lipinski definition) is 3. The number of aromatic nitrogens is 2. The van der Waals surface area contributed by atoms with E-state index >= 15 is 0 Å². The first kappa shape index (κ1) is 12.9. The molecule has 1 aromatic carbocycles. The van der Waals surface area contributed by atoms with E-state index in [9.17, 15) is 9.59 Å². The Bertz CT molecular complexity index is 682. The van der Waals surface area contributed by atoms with Crippen molar-refractivity contribution in [3.05, 3.63) is 38.9 Å². The summed E-state index contributed by atoms with van der Waals surface area (Å²) in [5.41, 5.74) is 0.0368. The van der Waals surface area contributed by atoms with E-state index in [0.29, 0.717) is 15.9 Å². The number of carboxylic acids is 1. The molecule has 18 heavy (non-hydrogen) atoms. The van der Waals surface area contributed by atoms with Crippen molar-refractivity contribution in [2.24, 2.45) is 0 Å². The van der Waals surface area contributed by atoms with Gasteiger partial charge in [0.05, 0.1) is 17.3 Å². The molecule has 1 N–H and O–H groups in total. The number of hydrogen-bond donors (Lipinski definition) is 1. The molecule has 0 spiro atoms. The summed E-state index contributed by atoms with van der Waals surface area (Å²) in [4.78, 5) is 26.6. The summed E-state index contributed by atoms with van der Waals surface area (Å²) in [6, 6.07) is 4.68. The summed E-state index contributed by atoms with van der Waals surface area (Å²) in [5.74, 6) is -1.01. The molecule has 0 atom stereocenters. The largest absolute Gasteiger partial charge is 0.481 e. The monoisotopic (exact) mass is 286 g/mol. The van der Waals surface area contributed by atoms with Gasteiger partial charge in [0.15, 0.2) is 0 Å². The topological polar surface area (TPSA) is 72.2 Å². The molecule has 94 valence electrons. The van der Waals surface area contributed by atoms with Crippen LogP contribution in [0.25, 0.3) is 10.9 Å². The maximum absolute atomic E-state index is 12.1. The van der Waals surface area contributed by atoms with Crippen LogP contribution in [0.1, 0.15) is 6.42 Å². The summed E-state index contributed by atoms with van der Waals surface area (Å²) >= 11 is 11.7. The zero-order valence-electron chi connectivity index (χ0n) is 9.06. The Kier molecular flexibility index (Phi) is 3.54. The number of nitrogens with zero attached hydrogens (tertiary/aromatic N) is 2. The fourth-order valence-corrected chi connectivity index (χ4v) is 1.99. The summed E-state index contributed by atoms with van der Waals surface area (Å²) in [6.07, 6.45) is -0.201. The van der Waals surface area contributed by atoms with E-state index in [-0.39, 0.29) is 18.2 Å². The average molecular weight is 287 g/mol. The van der Waals surface area contributed by atoms with Crippen LogP contribution >= 0.6 is 23.2 Å². The second kappa shape index (κ2) is 4.96. The number of halogens is 2. The number of carboxylic acid groups (broad SMARTS) is 1. The smallest absolute Gasteiger partial charge is 0.305 e. The van der Waals surface area contributed by atoms with Gasteiger partial charge in [0.25, 0.3) is 5.56 Å². The van der Waals surface area contributed by atoms with Gasteiger partial charge in [0, 0.05) is 11.6 Å². The first-order valence-corrected chi connectivity index (χ1v) is 5.82. The highest BCUT2D eigenvalue weighted by Crippen LogP contribution is 2.16. The minimum Gasteiger partial charge on any atom is -0.481 e. The molecule has 1 aromatic heterocycles. The van der Waals surface area contributed by atoms with Crippen molar-refractivity contribution in [2.75, 3.05) is 0 Å². The normalized spacial score (nSPS) is 10.8. The number of aliphatic carboxylic acids is 1. The molecule has 5 nitrogen and oxygen atoms in total. The summed E-state index contributed by atoms with van der Waals surface area (Å²) in [5, 5.41) is 9.31. The van der Waals surface area contributed by atoms with E-state index in [4.69, 9.17) is 28.3 Å². The Morgan fingerprint density at radius 2 is 2.11 bits per heavy atom. The Morgan fingerprint density at radius 3 is 2.78 bits per heavy atom. The van der Waals surface area contributed by atoms with Crippen LogP contribution in [0.2, 0.25) is 10.3 Å². The SMILES string of the molecule is O=C(O)CCn1c(Cl)nc2ccc(Cl)cc2c1=O. The molecule has 0 aliphatic heterocycles. The molecule has 0 amide bonds. The zero-order chi connectivity index (χ0) is 13.3. The quantitative estimate of drug-likeness (QED) is 0.878. The van der Waals surface area contributed by atoms with Crippen LogP contribution < -0.4 is 5.56 Å². The predicted octanol–water partition coefficient (Wildman–Crippen LogP) is 2.18. The molecule has 0 fully saturated rings. The van der Waals surface area contributed by atoms with Crippen LogP contribution in [0.3, 0.4) is 0 Å². The molecule has 2 aromatic rings. The van der Waals surface area contributed by atoms with E-state index in [1.54, 1.807) is 12.1 Å². The van der Waals surface area contributed by atoms with Crippen LogP contribution in [0.15, 0.2) is 23.0 Å². The number of rotatable bonds is 3. The summed E-state index contributed by atoms with van der Waals surface area (Å²) in [7, 11) is 0. The minimum atomic E-state index is -1.01. The summed E-state index contributed by atoms with van der Waals surface area (Å²) in [6.45, 7) is -0.0253. The molecule has 2 rings (SSSR count). The van der Waals surface area contributed by atoms with Gasteiger partial charge in [-0.05, 0) is 29.8 Å². The van der Waals surface area contributed by atoms with Crippen molar-refractivity contribution in [3.63, 3.8) is 0 Å².